The first-order valence-corrected chi connectivity index (χ1v) is 13.7. The second-order valence-electron chi connectivity index (χ2n) is 10.2. The minimum atomic E-state index is -1.36. The van der Waals surface area contributed by atoms with Gasteiger partial charge in [0.05, 0.1) is 23.1 Å². The number of benzene rings is 2. The summed E-state index contributed by atoms with van der Waals surface area (Å²) in [7, 11) is 0.205. The molecule has 4 rings (SSSR count). The summed E-state index contributed by atoms with van der Waals surface area (Å²) < 4.78 is 33.9. The molecule has 3 aromatic rings. The Bertz CT molecular complexity index is 1340. The van der Waals surface area contributed by atoms with E-state index in [0.717, 1.165) is 27.8 Å². The van der Waals surface area contributed by atoms with E-state index in [0.29, 0.717) is 31.8 Å². The highest BCUT2D eigenvalue weighted by molar-refractivity contribution is 7.84. The largest absolute Gasteiger partial charge is 0.396 e. The number of carbonyl (C=O) groups excluding carboxylic acids is 1. The Hall–Kier alpha value is -2.98. The fraction of sp³-hybridized carbons (Fsp3) is 0.379. The SMILES string of the molecule is COCCNC(=O)c1cc2c(c(-c3cccc(-c4cccc(F)c4)c3)n1)[C@H](CCO)N(S(=O)C(C)(C)C)C2. The number of aliphatic hydroxyl groups excluding tert-OH is 1. The molecule has 0 saturated heterocycles. The molecule has 0 fully saturated rings. The topological polar surface area (TPSA) is 91.8 Å². The van der Waals surface area contributed by atoms with E-state index in [2.05, 4.69) is 5.32 Å². The van der Waals surface area contributed by atoms with Crippen LogP contribution in [0.2, 0.25) is 0 Å². The summed E-state index contributed by atoms with van der Waals surface area (Å²) in [6.45, 7) is 6.72. The van der Waals surface area contributed by atoms with Gasteiger partial charge in [-0.2, -0.15) is 0 Å². The summed E-state index contributed by atoms with van der Waals surface area (Å²) in [5.74, 6) is -0.661. The Morgan fingerprint density at radius 1 is 1.16 bits per heavy atom. The zero-order chi connectivity index (χ0) is 27.4. The summed E-state index contributed by atoms with van der Waals surface area (Å²) in [6, 6.07) is 15.4. The number of halogens is 1. The number of pyridine rings is 1. The van der Waals surface area contributed by atoms with Crippen LogP contribution in [-0.2, 0) is 22.3 Å². The Morgan fingerprint density at radius 3 is 2.50 bits per heavy atom. The first-order chi connectivity index (χ1) is 18.1. The van der Waals surface area contributed by atoms with Crippen molar-refractivity contribution in [3.8, 4) is 22.4 Å². The highest BCUT2D eigenvalue weighted by Crippen LogP contribution is 2.44. The lowest BCUT2D eigenvalue weighted by molar-refractivity contribution is 0.0932. The number of hydrogen-bond acceptors (Lipinski definition) is 5. The highest BCUT2D eigenvalue weighted by Gasteiger charge is 2.40. The van der Waals surface area contributed by atoms with Gasteiger partial charge >= 0.3 is 0 Å². The Morgan fingerprint density at radius 2 is 1.84 bits per heavy atom. The summed E-state index contributed by atoms with van der Waals surface area (Å²) in [4.78, 5) is 17.8. The number of nitrogens with zero attached hydrogens (tertiary/aromatic N) is 2. The van der Waals surface area contributed by atoms with Crippen molar-refractivity contribution in [2.75, 3.05) is 26.9 Å². The van der Waals surface area contributed by atoms with Crippen molar-refractivity contribution in [3.05, 3.63) is 77.2 Å². The van der Waals surface area contributed by atoms with Gasteiger partial charge < -0.3 is 15.2 Å². The molecular formula is C29H34FN3O4S. The number of methoxy groups -OCH3 is 1. The van der Waals surface area contributed by atoms with E-state index in [9.17, 15) is 18.5 Å². The predicted octanol–water partition coefficient (Wildman–Crippen LogP) is 4.63. The quantitative estimate of drug-likeness (QED) is 0.387. The van der Waals surface area contributed by atoms with Gasteiger partial charge in [0.2, 0.25) is 0 Å². The number of fused-ring (bicyclic) bond motifs is 1. The van der Waals surface area contributed by atoms with Crippen molar-refractivity contribution in [3.63, 3.8) is 0 Å². The Balaban J connectivity index is 1.86. The van der Waals surface area contributed by atoms with Crippen LogP contribution in [-0.4, -0.2) is 56.1 Å². The maximum absolute atomic E-state index is 14.0. The molecule has 7 nitrogen and oxygen atoms in total. The summed E-state index contributed by atoms with van der Waals surface area (Å²) in [6.07, 6.45) is 0.368. The number of amides is 1. The molecule has 1 amide bonds. The number of rotatable bonds is 9. The molecule has 1 aromatic heterocycles. The molecule has 0 aliphatic carbocycles. The van der Waals surface area contributed by atoms with Crippen LogP contribution in [0.4, 0.5) is 4.39 Å². The minimum absolute atomic E-state index is 0.0933. The van der Waals surface area contributed by atoms with Crippen LogP contribution in [0.15, 0.2) is 54.6 Å². The van der Waals surface area contributed by atoms with Crippen LogP contribution in [0.3, 0.4) is 0 Å². The molecule has 2 aromatic carbocycles. The highest BCUT2D eigenvalue weighted by atomic mass is 32.2. The maximum atomic E-state index is 14.0. The standard InChI is InChI=1S/C29H34FN3O4S/c1-29(2,3)38(36)33-18-22-17-24(28(35)31-12-14-37-4)32-27(26(22)25(33)11-13-34)21-9-5-7-19(15-21)20-8-6-10-23(30)16-20/h5-10,15-17,25,34H,11-14,18H2,1-4H3,(H,31,35)/t25-,38?/m0/s1. The van der Waals surface area contributed by atoms with Crippen LogP contribution in [0.1, 0.15) is 54.8 Å². The average molecular weight is 540 g/mol. The van der Waals surface area contributed by atoms with Gasteiger partial charge in [0.25, 0.3) is 5.91 Å². The fourth-order valence-corrected chi connectivity index (χ4v) is 6.08. The maximum Gasteiger partial charge on any atom is 0.269 e. The molecule has 1 aliphatic heterocycles. The third kappa shape index (κ3) is 6.02. The number of nitrogens with one attached hydrogen (secondary N) is 1. The van der Waals surface area contributed by atoms with Gasteiger partial charge in [0.15, 0.2) is 0 Å². The Labute approximate surface area is 225 Å². The fourth-order valence-electron chi connectivity index (χ4n) is 4.68. The lowest BCUT2D eigenvalue weighted by Gasteiger charge is -2.30. The zero-order valence-corrected chi connectivity index (χ0v) is 23.0. The second-order valence-corrected chi connectivity index (χ2v) is 12.4. The molecule has 2 atom stereocenters. The first kappa shape index (κ1) is 28.0. The molecule has 2 heterocycles. The van der Waals surface area contributed by atoms with Gasteiger partial charge in [-0.05, 0) is 68.1 Å². The molecule has 0 radical (unpaired) electrons. The van der Waals surface area contributed by atoms with Crippen molar-refractivity contribution < 1.29 is 23.2 Å². The molecule has 0 spiro atoms. The van der Waals surface area contributed by atoms with Gasteiger partial charge in [-0.15, -0.1) is 0 Å². The van der Waals surface area contributed by atoms with Crippen LogP contribution in [0.5, 0.6) is 0 Å². The van der Waals surface area contributed by atoms with Crippen LogP contribution in [0.25, 0.3) is 22.4 Å². The summed E-state index contributed by atoms with van der Waals surface area (Å²) >= 11 is 0. The van der Waals surface area contributed by atoms with Crippen molar-refractivity contribution in [2.24, 2.45) is 0 Å². The number of aliphatic hydroxyl groups is 1. The van der Waals surface area contributed by atoms with E-state index in [4.69, 9.17) is 9.72 Å². The van der Waals surface area contributed by atoms with Crippen molar-refractivity contribution in [2.45, 2.75) is 44.5 Å². The second kappa shape index (κ2) is 11.8. The number of aromatic nitrogens is 1. The van der Waals surface area contributed by atoms with Gasteiger partial charge in [-0.1, -0.05) is 30.3 Å². The zero-order valence-electron chi connectivity index (χ0n) is 22.2. The predicted molar refractivity (Wildman–Crippen MR) is 147 cm³/mol. The van der Waals surface area contributed by atoms with Gasteiger partial charge in [-0.3, -0.25) is 4.79 Å². The summed E-state index contributed by atoms with van der Waals surface area (Å²) in [5, 5.41) is 12.8. The van der Waals surface area contributed by atoms with Crippen molar-refractivity contribution in [1.29, 1.82) is 0 Å². The third-order valence-electron chi connectivity index (χ3n) is 6.41. The number of ether oxygens (including phenoxy) is 1. The van der Waals surface area contributed by atoms with E-state index in [1.165, 1.54) is 12.1 Å². The number of carbonyl (C=O) groups is 1. The molecule has 0 saturated carbocycles. The minimum Gasteiger partial charge on any atom is -0.396 e. The molecule has 2 N–H and O–H groups in total. The van der Waals surface area contributed by atoms with Crippen molar-refractivity contribution in [1.82, 2.24) is 14.6 Å². The van der Waals surface area contributed by atoms with Crippen molar-refractivity contribution >= 4 is 16.9 Å². The molecule has 202 valence electrons. The lowest BCUT2D eigenvalue weighted by atomic mass is 9.94. The monoisotopic (exact) mass is 539 g/mol. The average Bonchev–Trinajstić information content (AvgIpc) is 3.25. The van der Waals surface area contributed by atoms with E-state index in [-0.39, 0.29) is 30.1 Å². The first-order valence-electron chi connectivity index (χ1n) is 12.6. The van der Waals surface area contributed by atoms with Gasteiger partial charge in [-0.25, -0.2) is 17.9 Å². The number of hydrogen-bond donors (Lipinski definition) is 2. The van der Waals surface area contributed by atoms with E-state index in [1.807, 2.05) is 55.4 Å². The molecule has 9 heteroatoms. The normalized spacial score (nSPS) is 16.3. The van der Waals surface area contributed by atoms with Gasteiger partial charge in [0.1, 0.15) is 22.5 Å². The Kier molecular flexibility index (Phi) is 8.72. The van der Waals surface area contributed by atoms with Gasteiger partial charge in [0, 0.05) is 37.9 Å². The van der Waals surface area contributed by atoms with Crippen LogP contribution < -0.4 is 5.32 Å². The third-order valence-corrected chi connectivity index (χ3v) is 8.27. The lowest BCUT2D eigenvalue weighted by Crippen LogP contribution is -2.36. The van der Waals surface area contributed by atoms with E-state index in [1.54, 1.807) is 19.2 Å². The molecule has 38 heavy (non-hydrogen) atoms. The van der Waals surface area contributed by atoms with E-state index >= 15 is 0 Å². The van der Waals surface area contributed by atoms with Crippen LogP contribution >= 0.6 is 0 Å². The smallest absolute Gasteiger partial charge is 0.269 e. The molecule has 1 unspecified atom stereocenters. The molecular weight excluding hydrogens is 505 g/mol. The summed E-state index contributed by atoms with van der Waals surface area (Å²) in [5.41, 5.74) is 4.81. The van der Waals surface area contributed by atoms with Crippen LogP contribution in [0, 0.1) is 5.82 Å². The molecule has 1 aliphatic rings. The van der Waals surface area contributed by atoms with E-state index < -0.39 is 15.7 Å². The molecule has 0 bridgehead atoms.